The van der Waals surface area contributed by atoms with Crippen molar-refractivity contribution >= 4 is 40.3 Å². The number of thioether (sulfide) groups is 1. The van der Waals surface area contributed by atoms with Crippen molar-refractivity contribution in [3.63, 3.8) is 0 Å². The van der Waals surface area contributed by atoms with Gasteiger partial charge in [0.2, 0.25) is 0 Å². The summed E-state index contributed by atoms with van der Waals surface area (Å²) in [6, 6.07) is 13.7. The second-order valence-corrected chi connectivity index (χ2v) is 5.69. The van der Waals surface area contributed by atoms with Gasteiger partial charge in [-0.15, -0.1) is 0 Å². The highest BCUT2D eigenvalue weighted by Crippen LogP contribution is 2.33. The number of benzene rings is 1. The molecular weight excluding hydrogens is 290 g/mol. The zero-order chi connectivity index (χ0) is 14.1. The third-order valence-electron chi connectivity index (χ3n) is 2.94. The molecule has 1 fully saturated rings. The number of rotatable bonds is 2. The van der Waals surface area contributed by atoms with Crippen molar-refractivity contribution in [1.82, 2.24) is 4.90 Å². The zero-order valence-corrected chi connectivity index (χ0v) is 12.3. The van der Waals surface area contributed by atoms with E-state index in [1.54, 1.807) is 13.1 Å². The van der Waals surface area contributed by atoms with Crippen LogP contribution in [0.3, 0.4) is 0 Å². The molecule has 0 unspecified atom stereocenters. The third-order valence-corrected chi connectivity index (χ3v) is 4.55. The van der Waals surface area contributed by atoms with Crippen LogP contribution in [0.25, 0.3) is 17.4 Å². The summed E-state index contributed by atoms with van der Waals surface area (Å²) in [5.41, 5.74) is 1.02. The first-order valence-corrected chi connectivity index (χ1v) is 7.24. The number of hydrogen-bond donors (Lipinski definition) is 0. The van der Waals surface area contributed by atoms with E-state index < -0.39 is 0 Å². The van der Waals surface area contributed by atoms with E-state index in [2.05, 4.69) is 0 Å². The molecule has 0 bridgehead atoms. The van der Waals surface area contributed by atoms with E-state index in [4.69, 9.17) is 16.6 Å². The first-order chi connectivity index (χ1) is 9.65. The molecule has 1 amide bonds. The smallest absolute Gasteiger partial charge is 0.291 e. The molecule has 1 aliphatic heterocycles. The molecule has 100 valence electrons. The standard InChI is InChI=1S/C15H11NO2S2/c1-16-14(19)13(20-15(16)17)9-11-7-8-12(18-11)10-5-3-2-4-6-10/h2-9H,1H3/b13-9+. The minimum atomic E-state index is -0.0592. The molecule has 1 saturated heterocycles. The van der Waals surface area contributed by atoms with Crippen LogP contribution in [0, 0.1) is 0 Å². The molecule has 0 N–H and O–H groups in total. The van der Waals surface area contributed by atoms with Crippen molar-refractivity contribution in [2.75, 3.05) is 7.05 Å². The Bertz CT molecular complexity index is 704. The molecule has 0 saturated carbocycles. The maximum Gasteiger partial charge on any atom is 0.291 e. The Morgan fingerprint density at radius 2 is 1.95 bits per heavy atom. The fourth-order valence-electron chi connectivity index (χ4n) is 1.86. The number of carbonyl (C=O) groups is 1. The number of carbonyl (C=O) groups excluding carboxylic acids is 1. The van der Waals surface area contributed by atoms with E-state index in [-0.39, 0.29) is 5.24 Å². The first-order valence-electron chi connectivity index (χ1n) is 6.02. The first kappa shape index (κ1) is 13.1. The van der Waals surface area contributed by atoms with Gasteiger partial charge in [0.05, 0.1) is 4.91 Å². The van der Waals surface area contributed by atoms with Gasteiger partial charge in [-0.05, 0) is 30.0 Å². The van der Waals surface area contributed by atoms with Crippen LogP contribution in [0.15, 0.2) is 51.8 Å². The van der Waals surface area contributed by atoms with Gasteiger partial charge in [-0.25, -0.2) is 0 Å². The highest BCUT2D eigenvalue weighted by Gasteiger charge is 2.28. The molecule has 0 radical (unpaired) electrons. The summed E-state index contributed by atoms with van der Waals surface area (Å²) in [6.45, 7) is 0. The number of likely N-dealkylation sites (N-methyl/N-ethyl adjacent to an activating group) is 1. The topological polar surface area (TPSA) is 33.5 Å². The average Bonchev–Trinajstić information content (AvgIpc) is 3.02. The number of amides is 1. The molecule has 20 heavy (non-hydrogen) atoms. The third kappa shape index (κ3) is 2.42. The van der Waals surface area contributed by atoms with Crippen LogP contribution in [0.4, 0.5) is 4.79 Å². The minimum Gasteiger partial charge on any atom is -0.457 e. The molecule has 1 aromatic carbocycles. The predicted octanol–water partition coefficient (Wildman–Crippen LogP) is 4.41. The monoisotopic (exact) mass is 301 g/mol. The van der Waals surface area contributed by atoms with Crippen molar-refractivity contribution < 1.29 is 9.21 Å². The van der Waals surface area contributed by atoms with Gasteiger partial charge >= 0.3 is 0 Å². The Hall–Kier alpha value is -1.85. The molecule has 1 aromatic heterocycles. The van der Waals surface area contributed by atoms with Gasteiger partial charge in [0.1, 0.15) is 16.5 Å². The molecule has 3 rings (SSSR count). The molecule has 2 heterocycles. The second kappa shape index (κ2) is 5.26. The van der Waals surface area contributed by atoms with Gasteiger partial charge in [0.15, 0.2) is 0 Å². The second-order valence-electron chi connectivity index (χ2n) is 4.31. The molecule has 2 aromatic rings. The Balaban J connectivity index is 1.89. The minimum absolute atomic E-state index is 0.0592. The van der Waals surface area contributed by atoms with Crippen molar-refractivity contribution in [2.45, 2.75) is 0 Å². The SMILES string of the molecule is CN1C(=O)S/C(=C/c2ccc(-c3ccccc3)o2)C1=S. The molecule has 0 spiro atoms. The van der Waals surface area contributed by atoms with E-state index >= 15 is 0 Å². The summed E-state index contributed by atoms with van der Waals surface area (Å²) >= 11 is 6.34. The average molecular weight is 301 g/mol. The number of thiocarbonyl (C=S) groups is 1. The van der Waals surface area contributed by atoms with Crippen LogP contribution in [0.1, 0.15) is 5.76 Å². The van der Waals surface area contributed by atoms with Crippen LogP contribution < -0.4 is 0 Å². The lowest BCUT2D eigenvalue weighted by atomic mass is 10.2. The summed E-state index contributed by atoms with van der Waals surface area (Å²) in [7, 11) is 1.68. The predicted molar refractivity (Wildman–Crippen MR) is 85.5 cm³/mol. The van der Waals surface area contributed by atoms with Crippen LogP contribution >= 0.6 is 24.0 Å². The molecule has 3 nitrogen and oxygen atoms in total. The highest BCUT2D eigenvalue weighted by molar-refractivity contribution is 8.19. The Kier molecular flexibility index (Phi) is 3.46. The van der Waals surface area contributed by atoms with Crippen molar-refractivity contribution in [1.29, 1.82) is 0 Å². The Labute approximate surface area is 126 Å². The van der Waals surface area contributed by atoms with Crippen molar-refractivity contribution in [3.05, 3.63) is 53.1 Å². The normalized spacial score (nSPS) is 17.2. The van der Waals surface area contributed by atoms with Gasteiger partial charge in [-0.2, -0.15) is 0 Å². The lowest BCUT2D eigenvalue weighted by Crippen LogP contribution is -2.20. The fraction of sp³-hybridized carbons (Fsp3) is 0.0667. The summed E-state index contributed by atoms with van der Waals surface area (Å²) < 4.78 is 5.77. The van der Waals surface area contributed by atoms with Gasteiger partial charge in [0, 0.05) is 12.6 Å². The van der Waals surface area contributed by atoms with Crippen LogP contribution in [0.5, 0.6) is 0 Å². The molecule has 1 aliphatic rings. The largest absolute Gasteiger partial charge is 0.457 e. The van der Waals surface area contributed by atoms with Gasteiger partial charge in [0.25, 0.3) is 5.24 Å². The number of nitrogens with zero attached hydrogens (tertiary/aromatic N) is 1. The Morgan fingerprint density at radius 3 is 2.60 bits per heavy atom. The maximum absolute atomic E-state index is 11.5. The Morgan fingerprint density at radius 1 is 1.20 bits per heavy atom. The zero-order valence-electron chi connectivity index (χ0n) is 10.7. The fourth-order valence-corrected chi connectivity index (χ4v) is 3.00. The van der Waals surface area contributed by atoms with E-state index in [0.29, 0.717) is 10.7 Å². The summed E-state index contributed by atoms with van der Waals surface area (Å²) in [5, 5.41) is -0.0592. The lowest BCUT2D eigenvalue weighted by Gasteiger charge is -2.04. The molecule has 0 atom stereocenters. The number of furan rings is 1. The summed E-state index contributed by atoms with van der Waals surface area (Å²) in [4.78, 5) is 14.3. The van der Waals surface area contributed by atoms with Gasteiger partial charge in [-0.3, -0.25) is 9.69 Å². The highest BCUT2D eigenvalue weighted by atomic mass is 32.2. The quantitative estimate of drug-likeness (QED) is 0.607. The van der Waals surface area contributed by atoms with Gasteiger partial charge in [-0.1, -0.05) is 42.5 Å². The summed E-state index contributed by atoms with van der Waals surface area (Å²) in [6.07, 6.45) is 1.81. The van der Waals surface area contributed by atoms with Crippen molar-refractivity contribution in [3.8, 4) is 11.3 Å². The molecule has 0 aliphatic carbocycles. The van der Waals surface area contributed by atoms with Crippen LogP contribution in [-0.2, 0) is 0 Å². The lowest BCUT2D eigenvalue weighted by molar-refractivity contribution is 0.250. The number of hydrogen-bond acceptors (Lipinski definition) is 4. The van der Waals surface area contributed by atoms with E-state index in [0.717, 1.165) is 28.0 Å². The van der Waals surface area contributed by atoms with Crippen LogP contribution in [0.2, 0.25) is 0 Å². The van der Waals surface area contributed by atoms with Gasteiger partial charge < -0.3 is 4.42 Å². The molecular formula is C15H11NO2S2. The maximum atomic E-state index is 11.5. The molecule has 5 heteroatoms. The van der Waals surface area contributed by atoms with E-state index in [1.807, 2.05) is 42.5 Å². The summed E-state index contributed by atoms with van der Waals surface area (Å²) in [5.74, 6) is 1.49. The van der Waals surface area contributed by atoms with E-state index in [9.17, 15) is 4.79 Å². The van der Waals surface area contributed by atoms with E-state index in [1.165, 1.54) is 4.90 Å². The van der Waals surface area contributed by atoms with Crippen LogP contribution in [-0.4, -0.2) is 22.2 Å². The van der Waals surface area contributed by atoms with Crippen molar-refractivity contribution in [2.24, 2.45) is 0 Å².